The zero-order valence-corrected chi connectivity index (χ0v) is 17.9. The largest absolute Gasteiger partial charge is 0.360 e. The lowest BCUT2D eigenvalue weighted by atomic mass is 10.1. The van der Waals surface area contributed by atoms with Crippen molar-refractivity contribution in [3.63, 3.8) is 0 Å². The lowest BCUT2D eigenvalue weighted by Gasteiger charge is -2.04. The molecule has 0 aliphatic heterocycles. The van der Waals surface area contributed by atoms with Gasteiger partial charge in [-0.15, -0.1) is 5.10 Å². The van der Waals surface area contributed by atoms with E-state index in [4.69, 9.17) is 11.6 Å². The van der Waals surface area contributed by atoms with Crippen LogP contribution in [0.1, 0.15) is 46.1 Å². The molecule has 0 unspecified atom stereocenters. The molecule has 9 heteroatoms. The van der Waals surface area contributed by atoms with Crippen molar-refractivity contribution in [2.24, 2.45) is 0 Å². The summed E-state index contributed by atoms with van der Waals surface area (Å²) in [6.07, 6.45) is 10.1. The van der Waals surface area contributed by atoms with Crippen molar-refractivity contribution >= 4 is 34.1 Å². The molecule has 5 aromatic rings. The third-order valence-electron chi connectivity index (χ3n) is 5.82. The summed E-state index contributed by atoms with van der Waals surface area (Å²) >= 11 is 6.18. The zero-order chi connectivity index (χ0) is 21.7. The van der Waals surface area contributed by atoms with Gasteiger partial charge in [0.15, 0.2) is 5.69 Å². The Morgan fingerprint density at radius 2 is 2.09 bits per heavy atom. The van der Waals surface area contributed by atoms with Crippen LogP contribution in [-0.2, 0) is 13.1 Å². The molecule has 1 saturated carbocycles. The molecule has 0 saturated heterocycles. The van der Waals surface area contributed by atoms with E-state index >= 15 is 0 Å². The molecule has 1 aromatic carbocycles. The van der Waals surface area contributed by atoms with E-state index in [2.05, 4.69) is 48.3 Å². The summed E-state index contributed by atoms with van der Waals surface area (Å²) in [4.78, 5) is 20.3. The fourth-order valence-corrected chi connectivity index (χ4v) is 4.17. The van der Waals surface area contributed by atoms with Crippen molar-refractivity contribution in [1.29, 1.82) is 0 Å². The summed E-state index contributed by atoms with van der Waals surface area (Å²) in [5, 5.41) is 12.6. The SMILES string of the molecule is O=C(NCc1ccc2[nH]cc(Cl)c2c1)c1cn(Cc2cn3cc(C4CC4)ccc3n2)nn1. The van der Waals surface area contributed by atoms with Gasteiger partial charge in [-0.1, -0.05) is 28.9 Å². The molecule has 1 aliphatic carbocycles. The topological polar surface area (TPSA) is 92.9 Å². The molecule has 0 atom stereocenters. The number of imidazole rings is 1. The normalized spacial score (nSPS) is 13.8. The second-order valence-electron chi connectivity index (χ2n) is 8.24. The number of carbonyl (C=O) groups excluding carboxylic acids is 1. The lowest BCUT2D eigenvalue weighted by Crippen LogP contribution is -2.23. The molecule has 160 valence electrons. The summed E-state index contributed by atoms with van der Waals surface area (Å²) in [5.41, 5.74) is 5.32. The number of aromatic nitrogens is 6. The number of pyridine rings is 1. The fraction of sp³-hybridized carbons (Fsp3) is 0.217. The van der Waals surface area contributed by atoms with Crippen molar-refractivity contribution in [2.75, 3.05) is 0 Å². The Bertz CT molecular complexity index is 1460. The first-order valence-corrected chi connectivity index (χ1v) is 10.9. The third-order valence-corrected chi connectivity index (χ3v) is 6.13. The van der Waals surface area contributed by atoms with Gasteiger partial charge >= 0.3 is 0 Å². The number of halogens is 1. The van der Waals surface area contributed by atoms with Crippen molar-refractivity contribution in [3.8, 4) is 0 Å². The van der Waals surface area contributed by atoms with Gasteiger partial charge in [0.1, 0.15) is 5.65 Å². The van der Waals surface area contributed by atoms with Crippen LogP contribution < -0.4 is 5.32 Å². The van der Waals surface area contributed by atoms with E-state index in [1.807, 2.05) is 24.4 Å². The molecule has 2 N–H and O–H groups in total. The highest BCUT2D eigenvalue weighted by Gasteiger charge is 2.23. The number of H-pyrrole nitrogens is 1. The smallest absolute Gasteiger partial charge is 0.273 e. The number of rotatable bonds is 6. The van der Waals surface area contributed by atoms with Crippen LogP contribution >= 0.6 is 11.6 Å². The molecule has 4 heterocycles. The second-order valence-corrected chi connectivity index (χ2v) is 8.64. The Labute approximate surface area is 188 Å². The average molecular weight is 446 g/mol. The fourth-order valence-electron chi connectivity index (χ4n) is 3.96. The Balaban J connectivity index is 1.12. The number of benzene rings is 1. The van der Waals surface area contributed by atoms with Crippen LogP contribution in [0.2, 0.25) is 5.02 Å². The van der Waals surface area contributed by atoms with Crippen molar-refractivity contribution in [1.82, 2.24) is 34.7 Å². The van der Waals surface area contributed by atoms with E-state index in [0.29, 0.717) is 24.0 Å². The van der Waals surface area contributed by atoms with Crippen LogP contribution in [0.15, 0.2) is 55.1 Å². The predicted molar refractivity (Wildman–Crippen MR) is 121 cm³/mol. The number of nitrogens with zero attached hydrogens (tertiary/aromatic N) is 5. The first-order valence-electron chi connectivity index (χ1n) is 10.5. The monoisotopic (exact) mass is 445 g/mol. The quantitative estimate of drug-likeness (QED) is 0.414. The Morgan fingerprint density at radius 3 is 2.97 bits per heavy atom. The highest BCUT2D eigenvalue weighted by molar-refractivity contribution is 6.35. The molecular weight excluding hydrogens is 426 g/mol. The minimum absolute atomic E-state index is 0.269. The first-order chi connectivity index (χ1) is 15.6. The first kappa shape index (κ1) is 19.1. The van der Waals surface area contributed by atoms with Gasteiger partial charge < -0.3 is 14.7 Å². The van der Waals surface area contributed by atoms with Gasteiger partial charge in [0.2, 0.25) is 0 Å². The average Bonchev–Trinajstić information content (AvgIpc) is 3.24. The standard InChI is InChI=1S/C23H20ClN7O/c24-19-9-25-20-5-1-14(7-18(19)20)8-26-23(32)21-13-31(29-28-21)12-17-11-30-10-16(15-2-3-15)4-6-22(30)27-17/h1,4-7,9-11,13,15,25H,2-3,8,12H2,(H,26,32). The van der Waals surface area contributed by atoms with Gasteiger partial charge in [-0.3, -0.25) is 4.79 Å². The summed E-state index contributed by atoms with van der Waals surface area (Å²) in [5.74, 6) is 0.421. The number of aromatic amines is 1. The molecule has 0 spiro atoms. The van der Waals surface area contributed by atoms with E-state index in [1.165, 1.54) is 18.4 Å². The van der Waals surface area contributed by atoms with E-state index in [9.17, 15) is 4.79 Å². The highest BCUT2D eigenvalue weighted by Crippen LogP contribution is 2.39. The van der Waals surface area contributed by atoms with Gasteiger partial charge in [0.05, 0.1) is 23.5 Å². The maximum Gasteiger partial charge on any atom is 0.273 e. The second kappa shape index (κ2) is 7.49. The van der Waals surface area contributed by atoms with Crippen LogP contribution in [0, 0.1) is 0 Å². The number of amides is 1. The van der Waals surface area contributed by atoms with Gasteiger partial charge in [-0.05, 0) is 48.1 Å². The third kappa shape index (κ3) is 3.62. The van der Waals surface area contributed by atoms with Gasteiger partial charge in [-0.25, -0.2) is 9.67 Å². The number of hydrogen-bond acceptors (Lipinski definition) is 4. The summed E-state index contributed by atoms with van der Waals surface area (Å²) in [6.45, 7) is 0.822. The Kier molecular flexibility index (Phi) is 4.46. The lowest BCUT2D eigenvalue weighted by molar-refractivity contribution is 0.0946. The number of fused-ring (bicyclic) bond motifs is 2. The van der Waals surface area contributed by atoms with E-state index < -0.39 is 0 Å². The molecular formula is C23H20ClN7O. The molecule has 1 aliphatic rings. The van der Waals surface area contributed by atoms with E-state index in [-0.39, 0.29) is 11.6 Å². The van der Waals surface area contributed by atoms with Crippen LogP contribution in [0.4, 0.5) is 0 Å². The van der Waals surface area contributed by atoms with Crippen LogP contribution in [0.5, 0.6) is 0 Å². The molecule has 0 radical (unpaired) electrons. The van der Waals surface area contributed by atoms with Crippen molar-refractivity contribution in [3.05, 3.63) is 82.7 Å². The van der Waals surface area contributed by atoms with Crippen LogP contribution in [0.25, 0.3) is 16.6 Å². The van der Waals surface area contributed by atoms with Crippen LogP contribution in [0.3, 0.4) is 0 Å². The predicted octanol–water partition coefficient (Wildman–Crippen LogP) is 3.92. The van der Waals surface area contributed by atoms with Crippen molar-refractivity contribution in [2.45, 2.75) is 31.8 Å². The number of nitrogens with one attached hydrogen (secondary N) is 2. The minimum Gasteiger partial charge on any atom is -0.360 e. The Morgan fingerprint density at radius 1 is 1.19 bits per heavy atom. The maximum absolute atomic E-state index is 12.5. The van der Waals surface area contributed by atoms with E-state index in [1.54, 1.807) is 17.1 Å². The summed E-state index contributed by atoms with van der Waals surface area (Å²) < 4.78 is 3.69. The molecule has 32 heavy (non-hydrogen) atoms. The minimum atomic E-state index is -0.277. The zero-order valence-electron chi connectivity index (χ0n) is 17.1. The summed E-state index contributed by atoms with van der Waals surface area (Å²) in [7, 11) is 0. The molecule has 0 bridgehead atoms. The molecule has 1 fully saturated rings. The van der Waals surface area contributed by atoms with Gasteiger partial charge in [0, 0.05) is 36.0 Å². The Hall–Kier alpha value is -3.65. The molecule has 1 amide bonds. The number of carbonyl (C=O) groups is 1. The van der Waals surface area contributed by atoms with Crippen molar-refractivity contribution < 1.29 is 4.79 Å². The molecule has 8 nitrogen and oxygen atoms in total. The molecule has 4 aromatic heterocycles. The molecule has 6 rings (SSSR count). The highest BCUT2D eigenvalue weighted by atomic mass is 35.5. The van der Waals surface area contributed by atoms with Gasteiger partial charge in [0.25, 0.3) is 5.91 Å². The maximum atomic E-state index is 12.5. The van der Waals surface area contributed by atoms with E-state index in [0.717, 1.165) is 27.8 Å². The van der Waals surface area contributed by atoms with Gasteiger partial charge in [-0.2, -0.15) is 0 Å². The summed E-state index contributed by atoms with van der Waals surface area (Å²) in [6, 6.07) is 10.1. The number of hydrogen-bond donors (Lipinski definition) is 2. The van der Waals surface area contributed by atoms with Crippen LogP contribution in [-0.4, -0.2) is 35.3 Å².